The van der Waals surface area contributed by atoms with Crippen molar-refractivity contribution in [3.63, 3.8) is 0 Å². The van der Waals surface area contributed by atoms with Crippen molar-refractivity contribution in [3.05, 3.63) is 72.3 Å². The minimum atomic E-state index is -0.269. The number of rotatable bonds is 3. The van der Waals surface area contributed by atoms with Crippen molar-refractivity contribution in [3.8, 4) is 11.1 Å². The van der Waals surface area contributed by atoms with Crippen LogP contribution < -0.4 is 0 Å². The SMILES string of the molecule is O=C(c1ccc(-c2ccc3ccccc3c2)cc1)N1CCN(C(=O)C2CCO2)CC1. The number of ether oxygens (including phenoxy) is 1. The molecule has 0 saturated carbocycles. The van der Waals surface area contributed by atoms with Gasteiger partial charge in [-0.05, 0) is 40.1 Å². The molecule has 1 atom stereocenters. The van der Waals surface area contributed by atoms with Crippen molar-refractivity contribution in [1.82, 2.24) is 9.80 Å². The monoisotopic (exact) mass is 400 g/mol. The molecular weight excluding hydrogens is 376 g/mol. The van der Waals surface area contributed by atoms with Gasteiger partial charge in [0.1, 0.15) is 6.10 Å². The highest BCUT2D eigenvalue weighted by molar-refractivity contribution is 5.95. The lowest BCUT2D eigenvalue weighted by Crippen LogP contribution is -2.54. The summed E-state index contributed by atoms with van der Waals surface area (Å²) in [5.74, 6) is 0.0835. The Morgan fingerprint density at radius 3 is 2.07 bits per heavy atom. The van der Waals surface area contributed by atoms with Crippen molar-refractivity contribution in [1.29, 1.82) is 0 Å². The van der Waals surface area contributed by atoms with Crippen LogP contribution in [0.5, 0.6) is 0 Å². The second kappa shape index (κ2) is 7.92. The van der Waals surface area contributed by atoms with E-state index in [2.05, 4.69) is 30.3 Å². The van der Waals surface area contributed by atoms with Gasteiger partial charge in [0, 0.05) is 38.2 Å². The van der Waals surface area contributed by atoms with Crippen LogP contribution in [0.25, 0.3) is 21.9 Å². The van der Waals surface area contributed by atoms with Crippen LogP contribution in [0.1, 0.15) is 16.8 Å². The Balaban J connectivity index is 1.25. The van der Waals surface area contributed by atoms with E-state index in [-0.39, 0.29) is 17.9 Å². The highest BCUT2D eigenvalue weighted by Gasteiger charge is 2.33. The summed E-state index contributed by atoms with van der Waals surface area (Å²) in [6.07, 6.45) is 0.538. The van der Waals surface area contributed by atoms with Crippen LogP contribution in [-0.2, 0) is 9.53 Å². The summed E-state index contributed by atoms with van der Waals surface area (Å²) in [6.45, 7) is 2.93. The maximum Gasteiger partial charge on any atom is 0.253 e. The summed E-state index contributed by atoms with van der Waals surface area (Å²) < 4.78 is 5.29. The Morgan fingerprint density at radius 2 is 1.40 bits per heavy atom. The van der Waals surface area contributed by atoms with E-state index in [4.69, 9.17) is 4.74 Å². The number of nitrogens with zero attached hydrogens (tertiary/aromatic N) is 2. The Hall–Kier alpha value is -3.18. The number of amides is 2. The number of carbonyl (C=O) groups is 2. The summed E-state index contributed by atoms with van der Waals surface area (Å²) in [5.41, 5.74) is 2.91. The van der Waals surface area contributed by atoms with Crippen LogP contribution in [0.3, 0.4) is 0 Å². The first-order chi connectivity index (χ1) is 14.7. The van der Waals surface area contributed by atoms with Gasteiger partial charge in [-0.25, -0.2) is 0 Å². The minimum Gasteiger partial charge on any atom is -0.368 e. The maximum absolute atomic E-state index is 12.9. The topological polar surface area (TPSA) is 49.9 Å². The number of piperazine rings is 1. The third kappa shape index (κ3) is 3.57. The predicted molar refractivity (Wildman–Crippen MR) is 116 cm³/mol. The molecule has 0 aliphatic carbocycles. The molecule has 2 heterocycles. The van der Waals surface area contributed by atoms with E-state index >= 15 is 0 Å². The molecule has 2 fully saturated rings. The molecular formula is C25H24N2O3. The molecule has 3 aromatic carbocycles. The third-order valence-corrected chi connectivity index (χ3v) is 6.07. The lowest BCUT2D eigenvalue weighted by Gasteiger charge is -2.38. The molecule has 2 saturated heterocycles. The first-order valence-corrected chi connectivity index (χ1v) is 10.5. The number of benzene rings is 3. The van der Waals surface area contributed by atoms with Crippen molar-refractivity contribution in [2.45, 2.75) is 12.5 Å². The van der Waals surface area contributed by atoms with Crippen LogP contribution in [-0.4, -0.2) is 60.5 Å². The van der Waals surface area contributed by atoms with Gasteiger partial charge in [0.2, 0.25) is 0 Å². The number of carbonyl (C=O) groups excluding carboxylic acids is 2. The molecule has 0 radical (unpaired) electrons. The fourth-order valence-electron chi connectivity index (χ4n) is 4.12. The third-order valence-electron chi connectivity index (χ3n) is 6.07. The normalized spacial score (nSPS) is 18.9. The van der Waals surface area contributed by atoms with Crippen molar-refractivity contribution in [2.75, 3.05) is 32.8 Å². The molecule has 0 N–H and O–H groups in total. The van der Waals surface area contributed by atoms with E-state index in [1.165, 1.54) is 10.8 Å². The van der Waals surface area contributed by atoms with Crippen LogP contribution in [0.2, 0.25) is 0 Å². The summed E-state index contributed by atoms with van der Waals surface area (Å²) in [4.78, 5) is 28.8. The summed E-state index contributed by atoms with van der Waals surface area (Å²) in [6, 6.07) is 22.5. The molecule has 3 aromatic rings. The van der Waals surface area contributed by atoms with Crippen molar-refractivity contribution in [2.24, 2.45) is 0 Å². The summed E-state index contributed by atoms with van der Waals surface area (Å²) in [7, 11) is 0. The molecule has 30 heavy (non-hydrogen) atoms. The number of hydrogen-bond donors (Lipinski definition) is 0. The molecule has 1 unspecified atom stereocenters. The zero-order chi connectivity index (χ0) is 20.5. The first kappa shape index (κ1) is 18.8. The lowest BCUT2D eigenvalue weighted by molar-refractivity contribution is -0.157. The van der Waals surface area contributed by atoms with E-state index in [0.29, 0.717) is 38.3 Å². The maximum atomic E-state index is 12.9. The Labute approximate surface area is 175 Å². The standard InChI is InChI=1S/C25H24N2O3/c28-24(26-12-14-27(15-13-26)25(29)23-11-16-30-23)20-8-5-19(6-9-20)22-10-7-18-3-1-2-4-21(18)17-22/h1-10,17,23H,11-16H2. The Bertz CT molecular complexity index is 1080. The van der Waals surface area contributed by atoms with Gasteiger partial charge in [-0.15, -0.1) is 0 Å². The second-order valence-electron chi connectivity index (χ2n) is 7.90. The van der Waals surface area contributed by atoms with E-state index in [1.807, 2.05) is 46.2 Å². The van der Waals surface area contributed by atoms with Gasteiger partial charge < -0.3 is 14.5 Å². The molecule has 152 valence electrons. The van der Waals surface area contributed by atoms with Gasteiger partial charge in [0.05, 0.1) is 6.61 Å². The predicted octanol–water partition coefficient (Wildman–Crippen LogP) is 3.58. The molecule has 2 amide bonds. The average molecular weight is 400 g/mol. The molecule has 5 heteroatoms. The van der Waals surface area contributed by atoms with E-state index in [0.717, 1.165) is 17.5 Å². The first-order valence-electron chi connectivity index (χ1n) is 10.5. The van der Waals surface area contributed by atoms with Gasteiger partial charge in [0.15, 0.2) is 0 Å². The van der Waals surface area contributed by atoms with Crippen LogP contribution in [0, 0.1) is 0 Å². The van der Waals surface area contributed by atoms with E-state index in [9.17, 15) is 9.59 Å². The van der Waals surface area contributed by atoms with E-state index in [1.54, 1.807) is 0 Å². The van der Waals surface area contributed by atoms with E-state index < -0.39 is 0 Å². The second-order valence-corrected chi connectivity index (χ2v) is 7.90. The molecule has 5 nitrogen and oxygen atoms in total. The van der Waals surface area contributed by atoms with Crippen LogP contribution in [0.4, 0.5) is 0 Å². The van der Waals surface area contributed by atoms with Crippen LogP contribution >= 0.6 is 0 Å². The Morgan fingerprint density at radius 1 is 0.767 bits per heavy atom. The highest BCUT2D eigenvalue weighted by Crippen LogP contribution is 2.25. The number of hydrogen-bond acceptors (Lipinski definition) is 3. The smallest absolute Gasteiger partial charge is 0.253 e. The summed E-state index contributed by atoms with van der Waals surface area (Å²) in [5, 5.41) is 2.42. The molecule has 2 aliphatic heterocycles. The molecule has 5 rings (SSSR count). The zero-order valence-corrected chi connectivity index (χ0v) is 16.8. The van der Waals surface area contributed by atoms with Gasteiger partial charge in [0.25, 0.3) is 11.8 Å². The highest BCUT2D eigenvalue weighted by atomic mass is 16.5. The van der Waals surface area contributed by atoms with Gasteiger partial charge in [-0.1, -0.05) is 48.5 Å². The fourth-order valence-corrected chi connectivity index (χ4v) is 4.12. The van der Waals surface area contributed by atoms with Gasteiger partial charge in [-0.2, -0.15) is 0 Å². The Kier molecular flexibility index (Phi) is 4.97. The fraction of sp³-hybridized carbons (Fsp3) is 0.280. The largest absolute Gasteiger partial charge is 0.368 e. The van der Waals surface area contributed by atoms with Crippen molar-refractivity contribution >= 4 is 22.6 Å². The average Bonchev–Trinajstić information content (AvgIpc) is 2.77. The van der Waals surface area contributed by atoms with Crippen LogP contribution in [0.15, 0.2) is 66.7 Å². The molecule has 0 aromatic heterocycles. The molecule has 2 aliphatic rings. The minimum absolute atomic E-state index is 0.0204. The van der Waals surface area contributed by atoms with Gasteiger partial charge in [-0.3, -0.25) is 9.59 Å². The summed E-state index contributed by atoms with van der Waals surface area (Å²) >= 11 is 0. The zero-order valence-electron chi connectivity index (χ0n) is 16.8. The molecule has 0 bridgehead atoms. The van der Waals surface area contributed by atoms with Crippen molar-refractivity contribution < 1.29 is 14.3 Å². The quantitative estimate of drug-likeness (QED) is 0.675. The van der Waals surface area contributed by atoms with Gasteiger partial charge >= 0.3 is 0 Å². The number of fused-ring (bicyclic) bond motifs is 1. The molecule has 0 spiro atoms. The lowest BCUT2D eigenvalue weighted by atomic mass is 10.00.